The quantitative estimate of drug-likeness (QED) is 0.520. The molecule has 0 unspecified atom stereocenters. The van der Waals surface area contributed by atoms with Crippen LogP contribution in [-0.4, -0.2) is 10.9 Å². The molecule has 1 heterocycles. The molecule has 1 aromatic carbocycles. The highest BCUT2D eigenvalue weighted by Gasteiger charge is 2.23. The highest BCUT2D eigenvalue weighted by molar-refractivity contribution is 7.13. The smallest absolute Gasteiger partial charge is 0.260 e. The van der Waals surface area contributed by atoms with E-state index in [2.05, 4.69) is 10.3 Å². The van der Waals surface area contributed by atoms with Gasteiger partial charge in [-0.05, 0) is 6.07 Å². The molecule has 8 heteroatoms. The summed E-state index contributed by atoms with van der Waals surface area (Å²) in [5.74, 6) is -8.49. The lowest BCUT2D eigenvalue weighted by Gasteiger charge is -2.05. The number of anilines is 1. The number of nitrogens with zero attached hydrogens (tertiary/aromatic N) is 1. The van der Waals surface area contributed by atoms with Gasteiger partial charge in [0.1, 0.15) is 0 Å². The molecule has 0 spiro atoms. The van der Waals surface area contributed by atoms with Gasteiger partial charge >= 0.3 is 0 Å². The number of benzene rings is 1. The third-order valence-corrected chi connectivity index (χ3v) is 2.69. The minimum Gasteiger partial charge on any atom is -0.298 e. The fraction of sp³-hybridized carbons (Fsp3) is 0. The predicted molar refractivity (Wildman–Crippen MR) is 56.3 cm³/mol. The second-order valence-corrected chi connectivity index (χ2v) is 4.03. The minimum atomic E-state index is -2.03. The fourth-order valence-corrected chi connectivity index (χ4v) is 1.71. The maximum Gasteiger partial charge on any atom is 0.260 e. The summed E-state index contributed by atoms with van der Waals surface area (Å²) in [5.41, 5.74) is -0.929. The zero-order valence-electron chi connectivity index (χ0n) is 8.51. The number of halogens is 4. The largest absolute Gasteiger partial charge is 0.298 e. The van der Waals surface area contributed by atoms with Crippen LogP contribution in [0.5, 0.6) is 0 Å². The molecule has 2 rings (SSSR count). The molecular formula is C10H4F4N2OS. The van der Waals surface area contributed by atoms with Crippen LogP contribution in [0.4, 0.5) is 22.7 Å². The minimum absolute atomic E-state index is 0.129. The molecule has 0 saturated heterocycles. The molecular weight excluding hydrogens is 272 g/mol. The van der Waals surface area contributed by atoms with E-state index in [-0.39, 0.29) is 11.2 Å². The van der Waals surface area contributed by atoms with Gasteiger partial charge in [0.25, 0.3) is 5.91 Å². The van der Waals surface area contributed by atoms with E-state index in [1.54, 1.807) is 0 Å². The van der Waals surface area contributed by atoms with E-state index in [1.165, 1.54) is 11.6 Å². The zero-order chi connectivity index (χ0) is 13.3. The van der Waals surface area contributed by atoms with E-state index >= 15 is 0 Å². The number of carbonyl (C=O) groups excluding carboxylic acids is 1. The Kier molecular flexibility index (Phi) is 3.28. The zero-order valence-corrected chi connectivity index (χ0v) is 9.32. The first-order valence-electron chi connectivity index (χ1n) is 4.54. The van der Waals surface area contributed by atoms with Gasteiger partial charge < -0.3 is 0 Å². The van der Waals surface area contributed by atoms with Gasteiger partial charge in [-0.2, -0.15) is 0 Å². The SMILES string of the molecule is O=C(Nc1nccs1)c1cc(F)c(F)c(F)c1F. The van der Waals surface area contributed by atoms with E-state index in [0.717, 1.165) is 11.3 Å². The lowest BCUT2D eigenvalue weighted by molar-refractivity contribution is 0.102. The number of hydrogen-bond acceptors (Lipinski definition) is 3. The van der Waals surface area contributed by atoms with Gasteiger partial charge in [-0.3, -0.25) is 10.1 Å². The third kappa shape index (κ3) is 2.19. The molecule has 0 aliphatic heterocycles. The first-order chi connectivity index (χ1) is 8.50. The summed E-state index contributed by atoms with van der Waals surface area (Å²) >= 11 is 1.04. The van der Waals surface area contributed by atoms with Gasteiger partial charge in [-0.1, -0.05) is 0 Å². The predicted octanol–water partition coefficient (Wildman–Crippen LogP) is 2.95. The van der Waals surface area contributed by atoms with Gasteiger partial charge in [-0.25, -0.2) is 22.5 Å². The number of rotatable bonds is 2. The number of aromatic nitrogens is 1. The second kappa shape index (κ2) is 4.73. The molecule has 0 bridgehead atoms. The van der Waals surface area contributed by atoms with Gasteiger partial charge in [0.05, 0.1) is 5.56 Å². The molecule has 1 amide bonds. The standard InChI is InChI=1S/C10H4F4N2OS/c11-5-3-4(6(12)8(14)7(5)13)9(17)16-10-15-1-2-18-10/h1-3H,(H,15,16,17). The van der Waals surface area contributed by atoms with E-state index in [1.807, 2.05) is 0 Å². The van der Waals surface area contributed by atoms with Crippen LogP contribution in [0.2, 0.25) is 0 Å². The molecule has 0 atom stereocenters. The Morgan fingerprint density at radius 3 is 2.50 bits per heavy atom. The van der Waals surface area contributed by atoms with Crippen LogP contribution in [0.25, 0.3) is 0 Å². The van der Waals surface area contributed by atoms with Crippen molar-refractivity contribution in [1.29, 1.82) is 0 Å². The number of thiazole rings is 1. The van der Waals surface area contributed by atoms with Crippen LogP contribution < -0.4 is 5.32 Å². The van der Waals surface area contributed by atoms with Gasteiger partial charge in [0.2, 0.25) is 0 Å². The summed E-state index contributed by atoms with van der Waals surface area (Å²) in [6.45, 7) is 0. The second-order valence-electron chi connectivity index (χ2n) is 3.14. The molecule has 2 aromatic rings. The molecule has 0 aliphatic carbocycles. The van der Waals surface area contributed by atoms with Crippen molar-refractivity contribution in [2.45, 2.75) is 0 Å². The van der Waals surface area contributed by atoms with E-state index in [4.69, 9.17) is 0 Å². The Morgan fingerprint density at radius 2 is 1.89 bits per heavy atom. The van der Waals surface area contributed by atoms with Crippen LogP contribution in [0, 0.1) is 23.3 Å². The maximum atomic E-state index is 13.3. The normalized spacial score (nSPS) is 10.4. The van der Waals surface area contributed by atoms with Crippen LogP contribution >= 0.6 is 11.3 Å². The van der Waals surface area contributed by atoms with Gasteiger partial charge in [-0.15, -0.1) is 11.3 Å². The molecule has 3 nitrogen and oxygen atoms in total. The summed E-state index contributed by atoms with van der Waals surface area (Å²) in [4.78, 5) is 15.2. The Morgan fingerprint density at radius 1 is 1.17 bits per heavy atom. The molecule has 0 radical (unpaired) electrons. The first-order valence-corrected chi connectivity index (χ1v) is 5.42. The van der Waals surface area contributed by atoms with Crippen LogP contribution in [-0.2, 0) is 0 Å². The van der Waals surface area contributed by atoms with E-state index in [9.17, 15) is 22.4 Å². The fourth-order valence-electron chi connectivity index (χ4n) is 1.19. The summed E-state index contributed by atoms with van der Waals surface area (Å²) in [6.07, 6.45) is 1.38. The Labute approximate surface area is 102 Å². The van der Waals surface area contributed by atoms with E-state index < -0.39 is 34.7 Å². The summed E-state index contributed by atoms with van der Waals surface area (Å²) in [7, 11) is 0. The number of nitrogens with one attached hydrogen (secondary N) is 1. The summed E-state index contributed by atoms with van der Waals surface area (Å²) in [6, 6.07) is 0.288. The van der Waals surface area contributed by atoms with Crippen molar-refractivity contribution in [3.63, 3.8) is 0 Å². The number of hydrogen-bond donors (Lipinski definition) is 1. The maximum absolute atomic E-state index is 13.3. The van der Waals surface area contributed by atoms with Crippen molar-refractivity contribution >= 4 is 22.4 Å². The van der Waals surface area contributed by atoms with Crippen molar-refractivity contribution in [3.8, 4) is 0 Å². The molecule has 0 aliphatic rings. The molecule has 0 saturated carbocycles. The van der Waals surface area contributed by atoms with Crippen molar-refractivity contribution in [2.24, 2.45) is 0 Å². The Bertz CT molecular complexity index is 600. The molecule has 0 fully saturated rings. The lowest BCUT2D eigenvalue weighted by Crippen LogP contribution is -2.16. The highest BCUT2D eigenvalue weighted by atomic mass is 32.1. The Balaban J connectivity index is 2.36. The van der Waals surface area contributed by atoms with Crippen LogP contribution in [0.1, 0.15) is 10.4 Å². The van der Waals surface area contributed by atoms with Crippen molar-refractivity contribution in [2.75, 3.05) is 5.32 Å². The topological polar surface area (TPSA) is 42.0 Å². The van der Waals surface area contributed by atoms with Gasteiger partial charge in [0.15, 0.2) is 28.4 Å². The molecule has 18 heavy (non-hydrogen) atoms. The van der Waals surface area contributed by atoms with Gasteiger partial charge in [0, 0.05) is 11.6 Å². The highest BCUT2D eigenvalue weighted by Crippen LogP contribution is 2.20. The third-order valence-electron chi connectivity index (χ3n) is 2.00. The number of amides is 1. The van der Waals surface area contributed by atoms with Crippen LogP contribution in [0.15, 0.2) is 17.6 Å². The molecule has 94 valence electrons. The summed E-state index contributed by atoms with van der Waals surface area (Å²) in [5, 5.41) is 3.79. The average molecular weight is 276 g/mol. The monoisotopic (exact) mass is 276 g/mol. The van der Waals surface area contributed by atoms with Crippen LogP contribution in [0.3, 0.4) is 0 Å². The Hall–Kier alpha value is -1.96. The first kappa shape index (κ1) is 12.5. The molecule has 1 aromatic heterocycles. The summed E-state index contributed by atoms with van der Waals surface area (Å²) < 4.78 is 51.7. The average Bonchev–Trinajstić information content (AvgIpc) is 2.83. The van der Waals surface area contributed by atoms with Crippen molar-refractivity contribution in [3.05, 3.63) is 46.5 Å². The molecule has 1 N–H and O–H groups in total. The lowest BCUT2D eigenvalue weighted by atomic mass is 10.1. The van der Waals surface area contributed by atoms with Crippen molar-refractivity contribution < 1.29 is 22.4 Å². The number of carbonyl (C=O) groups is 1. The van der Waals surface area contributed by atoms with E-state index in [0.29, 0.717) is 0 Å². The van der Waals surface area contributed by atoms with Crippen molar-refractivity contribution in [1.82, 2.24) is 4.98 Å².